The van der Waals surface area contributed by atoms with Gasteiger partial charge in [0, 0.05) is 13.7 Å². The van der Waals surface area contributed by atoms with Crippen molar-refractivity contribution in [1.29, 1.82) is 0 Å². The maximum atomic E-state index is 11.3. The lowest BCUT2D eigenvalue weighted by molar-refractivity contribution is -0.122. The molecular weight excluding hydrogens is 212 g/mol. The summed E-state index contributed by atoms with van der Waals surface area (Å²) < 4.78 is 15.1. The second-order valence-corrected chi connectivity index (χ2v) is 3.70. The van der Waals surface area contributed by atoms with Crippen molar-refractivity contribution in [3.05, 3.63) is 11.7 Å². The van der Waals surface area contributed by atoms with E-state index in [1.54, 1.807) is 0 Å². The van der Waals surface area contributed by atoms with E-state index < -0.39 is 0 Å². The summed E-state index contributed by atoms with van der Waals surface area (Å²) in [7, 11) is 1.48. The summed E-state index contributed by atoms with van der Waals surface area (Å²) in [5.74, 6) is 0.787. The highest BCUT2D eigenvalue weighted by molar-refractivity contribution is 5.81. The van der Waals surface area contributed by atoms with Crippen LogP contribution in [-0.4, -0.2) is 36.2 Å². The first-order valence-electron chi connectivity index (χ1n) is 5.24. The van der Waals surface area contributed by atoms with Crippen molar-refractivity contribution in [2.24, 2.45) is 0 Å². The van der Waals surface area contributed by atoms with E-state index in [9.17, 15) is 4.79 Å². The van der Waals surface area contributed by atoms with Crippen molar-refractivity contribution >= 4 is 5.78 Å². The molecule has 6 nitrogen and oxygen atoms in total. The fourth-order valence-electron chi connectivity index (χ4n) is 1.63. The summed E-state index contributed by atoms with van der Waals surface area (Å²) in [6.45, 7) is 0.800. The van der Waals surface area contributed by atoms with Crippen LogP contribution >= 0.6 is 0 Å². The Hall–Kier alpha value is -1.27. The fourth-order valence-corrected chi connectivity index (χ4v) is 1.63. The molecule has 2 rings (SSSR count). The van der Waals surface area contributed by atoms with Gasteiger partial charge in [-0.05, 0) is 12.8 Å². The van der Waals surface area contributed by atoms with Crippen LogP contribution < -0.4 is 0 Å². The second-order valence-electron chi connectivity index (χ2n) is 3.70. The van der Waals surface area contributed by atoms with Gasteiger partial charge in [0.25, 0.3) is 0 Å². The Labute approximate surface area is 92.9 Å². The van der Waals surface area contributed by atoms with Gasteiger partial charge in [-0.15, -0.1) is 0 Å². The van der Waals surface area contributed by atoms with Crippen LogP contribution in [0.3, 0.4) is 0 Å². The smallest absolute Gasteiger partial charge is 0.234 e. The molecular formula is C10H14N2O4. The lowest BCUT2D eigenvalue weighted by Crippen LogP contribution is -2.10. The van der Waals surface area contributed by atoms with Crippen molar-refractivity contribution in [1.82, 2.24) is 10.1 Å². The summed E-state index contributed by atoms with van der Waals surface area (Å²) in [6, 6.07) is 0. The summed E-state index contributed by atoms with van der Waals surface area (Å²) in [6.07, 6.45) is 1.96. The molecule has 0 amide bonds. The average molecular weight is 226 g/mol. The summed E-state index contributed by atoms with van der Waals surface area (Å²) in [4.78, 5) is 15.4. The van der Waals surface area contributed by atoms with E-state index in [2.05, 4.69) is 10.1 Å². The lowest BCUT2D eigenvalue weighted by atomic mass is 10.2. The molecule has 0 saturated carbocycles. The highest BCUT2D eigenvalue weighted by Gasteiger charge is 2.23. The Kier molecular flexibility index (Phi) is 3.63. The van der Waals surface area contributed by atoms with Gasteiger partial charge in [-0.1, -0.05) is 5.16 Å². The highest BCUT2D eigenvalue weighted by atomic mass is 16.5. The van der Waals surface area contributed by atoms with Crippen molar-refractivity contribution in [3.63, 3.8) is 0 Å². The number of rotatable bonds is 5. The van der Waals surface area contributed by atoms with Crippen molar-refractivity contribution < 1.29 is 18.8 Å². The van der Waals surface area contributed by atoms with Gasteiger partial charge in [0.05, 0.1) is 6.42 Å². The number of carbonyl (C=O) groups is 1. The van der Waals surface area contributed by atoms with Crippen LogP contribution in [-0.2, 0) is 20.7 Å². The van der Waals surface area contributed by atoms with Crippen molar-refractivity contribution in [2.75, 3.05) is 20.3 Å². The molecule has 0 spiro atoms. The fraction of sp³-hybridized carbons (Fsp3) is 0.700. The second kappa shape index (κ2) is 5.18. The number of Topliss-reactive ketones (excluding diaryl/α,β-unsaturated/α-hetero) is 1. The molecule has 0 bridgehead atoms. The Morgan fingerprint density at radius 2 is 2.50 bits per heavy atom. The normalized spacial score (nSPS) is 20.2. The van der Waals surface area contributed by atoms with Gasteiger partial charge in [-0.25, -0.2) is 0 Å². The molecule has 1 unspecified atom stereocenters. The van der Waals surface area contributed by atoms with Crippen LogP contribution in [0.25, 0.3) is 0 Å². The molecule has 0 N–H and O–H groups in total. The summed E-state index contributed by atoms with van der Waals surface area (Å²) in [5.41, 5.74) is 0. The minimum Gasteiger partial charge on any atom is -0.377 e. The Bertz CT molecular complexity index is 357. The molecule has 2 heterocycles. The van der Waals surface area contributed by atoms with E-state index in [-0.39, 0.29) is 24.9 Å². The number of hydrogen-bond donors (Lipinski definition) is 0. The molecule has 88 valence electrons. The van der Waals surface area contributed by atoms with Gasteiger partial charge in [0.2, 0.25) is 11.7 Å². The molecule has 1 aliphatic heterocycles. The number of carbonyl (C=O) groups excluding carboxylic acids is 1. The van der Waals surface area contributed by atoms with E-state index >= 15 is 0 Å². The molecule has 1 atom stereocenters. The third kappa shape index (κ3) is 2.65. The minimum absolute atomic E-state index is 0.0671. The number of methoxy groups -OCH3 is 1. The van der Waals surface area contributed by atoms with E-state index in [1.807, 2.05) is 0 Å². The first kappa shape index (κ1) is 11.2. The monoisotopic (exact) mass is 226 g/mol. The Balaban J connectivity index is 1.93. The summed E-state index contributed by atoms with van der Waals surface area (Å²) >= 11 is 0. The third-order valence-electron chi connectivity index (χ3n) is 2.36. The maximum absolute atomic E-state index is 11.3. The number of nitrogens with zero attached hydrogens (tertiary/aromatic N) is 2. The van der Waals surface area contributed by atoms with Crippen LogP contribution in [0, 0.1) is 0 Å². The van der Waals surface area contributed by atoms with Crippen LogP contribution in [0.1, 0.15) is 30.7 Å². The van der Waals surface area contributed by atoms with Crippen molar-refractivity contribution in [3.8, 4) is 0 Å². The molecule has 1 saturated heterocycles. The molecule has 0 aliphatic carbocycles. The quantitative estimate of drug-likeness (QED) is 0.735. The zero-order valence-corrected chi connectivity index (χ0v) is 9.14. The average Bonchev–Trinajstić information content (AvgIpc) is 2.86. The Morgan fingerprint density at radius 1 is 1.62 bits per heavy atom. The predicted octanol–water partition coefficient (Wildman–Crippen LogP) is 0.679. The van der Waals surface area contributed by atoms with Gasteiger partial charge >= 0.3 is 0 Å². The molecule has 6 heteroatoms. The largest absolute Gasteiger partial charge is 0.377 e. The molecule has 0 radical (unpaired) electrons. The summed E-state index contributed by atoms with van der Waals surface area (Å²) in [5, 5.41) is 3.81. The van der Waals surface area contributed by atoms with Gasteiger partial charge in [-0.3, -0.25) is 4.79 Å². The van der Waals surface area contributed by atoms with E-state index in [1.165, 1.54) is 7.11 Å². The minimum atomic E-state index is -0.0787. The SMILES string of the molecule is COCC(=O)Cc1nc(C2CCCO2)no1. The molecule has 1 aromatic heterocycles. The first-order valence-corrected chi connectivity index (χ1v) is 5.24. The molecule has 1 aliphatic rings. The molecule has 0 aromatic carbocycles. The number of hydrogen-bond acceptors (Lipinski definition) is 6. The van der Waals surface area contributed by atoms with Gasteiger partial charge in [0.1, 0.15) is 12.7 Å². The van der Waals surface area contributed by atoms with Crippen LogP contribution in [0.5, 0.6) is 0 Å². The predicted molar refractivity (Wildman–Crippen MR) is 52.8 cm³/mol. The van der Waals surface area contributed by atoms with Crippen molar-refractivity contribution in [2.45, 2.75) is 25.4 Å². The van der Waals surface area contributed by atoms with Crippen LogP contribution in [0.4, 0.5) is 0 Å². The van der Waals surface area contributed by atoms with Gasteiger partial charge < -0.3 is 14.0 Å². The molecule has 1 aromatic rings. The lowest BCUT2D eigenvalue weighted by Gasteiger charge is -2.00. The molecule has 16 heavy (non-hydrogen) atoms. The zero-order valence-electron chi connectivity index (χ0n) is 9.14. The standard InChI is InChI=1S/C10H14N2O4/c1-14-6-7(13)5-9-11-10(12-16-9)8-3-2-4-15-8/h8H,2-6H2,1H3. The van der Waals surface area contributed by atoms with Crippen LogP contribution in [0.2, 0.25) is 0 Å². The van der Waals surface area contributed by atoms with E-state index in [0.29, 0.717) is 11.7 Å². The van der Waals surface area contributed by atoms with Crippen LogP contribution in [0.15, 0.2) is 4.52 Å². The number of aromatic nitrogens is 2. The third-order valence-corrected chi connectivity index (χ3v) is 2.36. The topological polar surface area (TPSA) is 74.5 Å². The maximum Gasteiger partial charge on any atom is 0.234 e. The zero-order chi connectivity index (χ0) is 11.4. The Morgan fingerprint density at radius 3 is 3.19 bits per heavy atom. The molecule has 1 fully saturated rings. The van der Waals surface area contributed by atoms with Gasteiger partial charge in [0.15, 0.2) is 5.78 Å². The van der Waals surface area contributed by atoms with Gasteiger partial charge in [-0.2, -0.15) is 4.98 Å². The first-order chi connectivity index (χ1) is 7.79. The number of ether oxygens (including phenoxy) is 2. The number of ketones is 1. The van der Waals surface area contributed by atoms with E-state index in [0.717, 1.165) is 19.4 Å². The highest BCUT2D eigenvalue weighted by Crippen LogP contribution is 2.25. The van der Waals surface area contributed by atoms with E-state index in [4.69, 9.17) is 14.0 Å².